The van der Waals surface area contributed by atoms with Crippen molar-refractivity contribution in [3.8, 4) is 0 Å². The summed E-state index contributed by atoms with van der Waals surface area (Å²) in [5.41, 5.74) is 0. The first-order chi connectivity index (χ1) is 42.7. The molecule has 3 N–H and O–H groups in total. The van der Waals surface area contributed by atoms with E-state index in [2.05, 4.69) is 55.4 Å². The van der Waals surface area contributed by atoms with Crippen molar-refractivity contribution < 1.29 is 80.2 Å². The van der Waals surface area contributed by atoms with Gasteiger partial charge in [-0.15, -0.1) is 0 Å². The molecule has 0 bridgehead atoms. The Morgan fingerprint density at radius 3 is 0.798 bits per heavy atom. The maximum absolute atomic E-state index is 13.0. The Balaban J connectivity index is 5.27. The summed E-state index contributed by atoms with van der Waals surface area (Å²) < 4.78 is 68.3. The molecule has 0 aromatic heterocycles. The van der Waals surface area contributed by atoms with Gasteiger partial charge in [0, 0.05) is 25.7 Å². The van der Waals surface area contributed by atoms with Crippen LogP contribution in [-0.2, 0) is 65.4 Å². The van der Waals surface area contributed by atoms with E-state index in [1.54, 1.807) is 0 Å². The molecule has 17 nitrogen and oxygen atoms in total. The first kappa shape index (κ1) is 87.1. The Morgan fingerprint density at radius 1 is 0.315 bits per heavy atom. The SMILES string of the molecule is CCC(C)CCCCCCCCCCC(=O)OC[C@H](COP(=O)(O)OC[C@@H](O)COP(=O)(O)OC[C@@H](COC(=O)CCCCCCCCC(C)CC)OC(=O)CCCCCCCCCCCCC(C)C)OC(=O)CCCCCCCCCCCCCC(C)C. The standard InChI is InChI=1S/C70H136O17P2/c1-9-62(7)48-40-32-24-20-21-25-34-42-50-67(72)80-56-65(86-69(74)52-44-36-26-18-13-11-12-16-22-30-38-46-60(3)4)58-84-88(76,77)82-54-64(71)55-83-89(78,79)85-59-66(57-81-68(73)51-43-35-29-28-33-41-49-63(8)10-2)87-70(75)53-45-37-27-19-15-14-17-23-31-39-47-61(5)6/h60-66,71H,9-59H2,1-8H3,(H,76,77)(H,78,79)/t62?,63?,64-,65-,66-/m1/s1. The van der Waals surface area contributed by atoms with E-state index in [4.69, 9.17) is 37.0 Å². The first-order valence-electron chi connectivity index (χ1n) is 36.3. The lowest BCUT2D eigenvalue weighted by Crippen LogP contribution is -2.30. The van der Waals surface area contributed by atoms with Gasteiger partial charge in [-0.1, -0.05) is 293 Å². The zero-order chi connectivity index (χ0) is 66.1. The third-order valence-electron chi connectivity index (χ3n) is 16.8. The molecule has 0 aliphatic carbocycles. The highest BCUT2D eigenvalue weighted by Crippen LogP contribution is 2.45. The average Bonchev–Trinajstić information content (AvgIpc) is 3.66. The van der Waals surface area contributed by atoms with Crippen LogP contribution in [0.2, 0.25) is 0 Å². The molecule has 0 radical (unpaired) electrons. The number of hydrogen-bond donors (Lipinski definition) is 3. The molecule has 0 spiro atoms. The fraction of sp³-hybridized carbons (Fsp3) is 0.943. The van der Waals surface area contributed by atoms with Crippen molar-refractivity contribution in [1.82, 2.24) is 0 Å². The molecule has 0 amide bonds. The van der Waals surface area contributed by atoms with E-state index in [-0.39, 0.29) is 25.7 Å². The predicted molar refractivity (Wildman–Crippen MR) is 358 cm³/mol. The van der Waals surface area contributed by atoms with Crippen molar-refractivity contribution in [1.29, 1.82) is 0 Å². The van der Waals surface area contributed by atoms with Gasteiger partial charge in [0.25, 0.3) is 0 Å². The van der Waals surface area contributed by atoms with Crippen molar-refractivity contribution in [2.45, 2.75) is 363 Å². The molecule has 7 atom stereocenters. The summed E-state index contributed by atoms with van der Waals surface area (Å²) in [4.78, 5) is 72.6. The fourth-order valence-electron chi connectivity index (χ4n) is 10.4. The van der Waals surface area contributed by atoms with Crippen molar-refractivity contribution in [2.24, 2.45) is 23.7 Å². The van der Waals surface area contributed by atoms with Crippen molar-refractivity contribution >= 4 is 39.5 Å². The van der Waals surface area contributed by atoms with Gasteiger partial charge in [0.15, 0.2) is 12.2 Å². The van der Waals surface area contributed by atoms with E-state index in [9.17, 15) is 43.2 Å². The number of phosphoric acid groups is 2. The van der Waals surface area contributed by atoms with E-state index < -0.39 is 97.5 Å². The molecule has 0 heterocycles. The predicted octanol–water partition coefficient (Wildman–Crippen LogP) is 19.7. The van der Waals surface area contributed by atoms with Crippen LogP contribution >= 0.6 is 15.6 Å². The van der Waals surface area contributed by atoms with Crippen molar-refractivity contribution in [2.75, 3.05) is 39.6 Å². The van der Waals surface area contributed by atoms with Crippen LogP contribution in [0.1, 0.15) is 344 Å². The van der Waals surface area contributed by atoms with Crippen LogP contribution in [0.4, 0.5) is 0 Å². The molecule has 89 heavy (non-hydrogen) atoms. The van der Waals surface area contributed by atoms with E-state index >= 15 is 0 Å². The number of ether oxygens (including phenoxy) is 4. The Labute approximate surface area is 543 Å². The molecule has 0 aliphatic heterocycles. The maximum atomic E-state index is 13.0. The molecule has 0 aliphatic rings. The summed E-state index contributed by atoms with van der Waals surface area (Å²) in [7, 11) is -9.90. The second kappa shape index (κ2) is 59.8. The Hall–Kier alpha value is -1.94. The molecular formula is C70H136O17P2. The summed E-state index contributed by atoms with van der Waals surface area (Å²) in [6.45, 7) is 14.1. The summed E-state index contributed by atoms with van der Waals surface area (Å²) in [6, 6.07) is 0. The first-order valence-corrected chi connectivity index (χ1v) is 39.3. The minimum Gasteiger partial charge on any atom is -0.462 e. The lowest BCUT2D eigenvalue weighted by Gasteiger charge is -2.21. The van der Waals surface area contributed by atoms with E-state index in [0.29, 0.717) is 25.7 Å². The molecule has 0 fully saturated rings. The average molecular weight is 1310 g/mol. The largest absolute Gasteiger partial charge is 0.472 e. The molecule has 0 saturated carbocycles. The lowest BCUT2D eigenvalue weighted by molar-refractivity contribution is -0.161. The highest BCUT2D eigenvalue weighted by Gasteiger charge is 2.30. The molecule has 0 saturated heterocycles. The van der Waals surface area contributed by atoms with Crippen molar-refractivity contribution in [3.05, 3.63) is 0 Å². The fourth-order valence-corrected chi connectivity index (χ4v) is 12.0. The molecule has 0 aromatic rings. The number of aliphatic hydroxyl groups is 1. The van der Waals surface area contributed by atoms with Crippen LogP contribution in [0.3, 0.4) is 0 Å². The quantitative estimate of drug-likeness (QED) is 0.0222. The Morgan fingerprint density at radius 2 is 0.539 bits per heavy atom. The summed E-state index contributed by atoms with van der Waals surface area (Å²) in [5.74, 6) is 0.895. The molecule has 0 rings (SSSR count). The summed E-state index contributed by atoms with van der Waals surface area (Å²) in [5, 5.41) is 10.6. The second-order valence-corrected chi connectivity index (χ2v) is 29.6. The lowest BCUT2D eigenvalue weighted by atomic mass is 9.99. The maximum Gasteiger partial charge on any atom is 0.472 e. The van der Waals surface area contributed by atoms with Crippen LogP contribution < -0.4 is 0 Å². The molecule has 528 valence electrons. The van der Waals surface area contributed by atoms with Crippen LogP contribution in [0.5, 0.6) is 0 Å². The van der Waals surface area contributed by atoms with E-state index in [1.807, 2.05) is 0 Å². The number of carbonyl (C=O) groups is 4. The Kier molecular flexibility index (Phi) is 58.5. The second-order valence-electron chi connectivity index (χ2n) is 26.7. The van der Waals surface area contributed by atoms with Gasteiger partial charge in [0.2, 0.25) is 0 Å². The van der Waals surface area contributed by atoms with Gasteiger partial charge >= 0.3 is 39.5 Å². The minimum atomic E-state index is -4.95. The number of hydrogen-bond acceptors (Lipinski definition) is 15. The number of rotatable bonds is 67. The van der Waals surface area contributed by atoms with Crippen LogP contribution in [0, 0.1) is 23.7 Å². The van der Waals surface area contributed by atoms with Crippen molar-refractivity contribution in [3.63, 3.8) is 0 Å². The van der Waals surface area contributed by atoms with E-state index in [1.165, 1.54) is 141 Å². The van der Waals surface area contributed by atoms with Gasteiger partial charge in [0.1, 0.15) is 19.3 Å². The van der Waals surface area contributed by atoms with Gasteiger partial charge in [-0.3, -0.25) is 37.3 Å². The van der Waals surface area contributed by atoms with Gasteiger partial charge in [-0.25, -0.2) is 9.13 Å². The van der Waals surface area contributed by atoms with Crippen LogP contribution in [-0.4, -0.2) is 96.7 Å². The Bertz CT molecular complexity index is 1770. The number of carbonyl (C=O) groups excluding carboxylic acids is 4. The number of phosphoric ester groups is 2. The normalized spacial score (nSPS) is 14.9. The molecule has 4 unspecified atom stereocenters. The minimum absolute atomic E-state index is 0.104. The highest BCUT2D eigenvalue weighted by atomic mass is 31.2. The molecular weight excluding hydrogens is 1170 g/mol. The molecule has 19 heteroatoms. The third-order valence-corrected chi connectivity index (χ3v) is 18.7. The smallest absolute Gasteiger partial charge is 0.462 e. The monoisotopic (exact) mass is 1310 g/mol. The topological polar surface area (TPSA) is 237 Å². The number of aliphatic hydroxyl groups excluding tert-OH is 1. The van der Waals surface area contributed by atoms with E-state index in [0.717, 1.165) is 120 Å². The van der Waals surface area contributed by atoms with Gasteiger partial charge < -0.3 is 33.8 Å². The van der Waals surface area contributed by atoms with Crippen LogP contribution in [0.15, 0.2) is 0 Å². The summed E-state index contributed by atoms with van der Waals surface area (Å²) in [6.07, 6.45) is 41.6. The summed E-state index contributed by atoms with van der Waals surface area (Å²) >= 11 is 0. The highest BCUT2D eigenvalue weighted by molar-refractivity contribution is 7.47. The van der Waals surface area contributed by atoms with Gasteiger partial charge in [-0.05, 0) is 49.4 Å². The third kappa shape index (κ3) is 62.0. The van der Waals surface area contributed by atoms with Gasteiger partial charge in [0.05, 0.1) is 26.4 Å². The van der Waals surface area contributed by atoms with Gasteiger partial charge in [-0.2, -0.15) is 0 Å². The zero-order valence-corrected chi connectivity index (χ0v) is 59.8. The van der Waals surface area contributed by atoms with Crippen LogP contribution in [0.25, 0.3) is 0 Å². The molecule has 0 aromatic carbocycles. The number of unbranched alkanes of at least 4 members (excludes halogenated alkanes) is 31. The zero-order valence-electron chi connectivity index (χ0n) is 58.1. The number of esters is 4.